The molecule has 0 aromatic heterocycles. The predicted molar refractivity (Wildman–Crippen MR) is 296 cm³/mol. The monoisotopic (exact) mass is 1100 g/mol. The second-order valence-corrected chi connectivity index (χ2v) is 23.3. The number of unbranched alkanes of at least 4 members (excludes halogenated alkanes) is 1. The number of aliphatic hydroxyl groups is 3. The summed E-state index contributed by atoms with van der Waals surface area (Å²) in [6.07, 6.45) is 14.4. The van der Waals surface area contributed by atoms with Crippen molar-refractivity contribution in [3.05, 3.63) is 47.6 Å². The van der Waals surface area contributed by atoms with Crippen LogP contribution < -0.4 is 0 Å². The highest BCUT2D eigenvalue weighted by Crippen LogP contribution is 2.38. The summed E-state index contributed by atoms with van der Waals surface area (Å²) in [6, 6.07) is -1.15. The lowest BCUT2D eigenvalue weighted by molar-refractivity contribution is -0.266. The van der Waals surface area contributed by atoms with Crippen LogP contribution in [0.3, 0.4) is 0 Å². The van der Waals surface area contributed by atoms with E-state index < -0.39 is 77.8 Å². The van der Waals surface area contributed by atoms with Gasteiger partial charge in [-0.15, -0.1) is 0 Å². The van der Waals surface area contributed by atoms with Gasteiger partial charge in [0.2, 0.25) is 5.79 Å². The first-order valence-corrected chi connectivity index (χ1v) is 29.4. The van der Waals surface area contributed by atoms with Gasteiger partial charge in [0.05, 0.1) is 37.6 Å². The summed E-state index contributed by atoms with van der Waals surface area (Å²) in [7, 11) is 3.09. The van der Waals surface area contributed by atoms with Crippen molar-refractivity contribution in [2.75, 3.05) is 73.4 Å². The zero-order valence-corrected chi connectivity index (χ0v) is 48.7. The lowest BCUT2D eigenvalue weighted by Gasteiger charge is -2.43. The Kier molecular flexibility index (Phi) is 27.5. The standard InChI is InChI=1S/C61H98N2O15/c1-40-18-11-10-12-19-41(2)52(76-30-16-15-29-64)38-48-23-21-46(7)61(71,78-48)58(68)59(69)63-26-14-13-20-49(63)60(70)77-53(39-50(65)42(3)35-45(6)56(67)57(73-9)55(66)44(5)34-40)43(4)36-47-22-24-51(54(37-47)72-8)75-31-17-25-62-27-32-74-33-28-62/h10-12,18-19,35,40,42-44,46-49,51-54,56-57,64,67,71H,13-17,20-34,36-39H2,1-9H3/b12-10+,18-11+,41-19+,45-35+/t40-,42-,43?,44-,46-,47+,48+,49+,51-,52-,53+,54-,56-,57+,61-/m1/s1. The Bertz CT molecular complexity index is 2040. The molecule has 3 saturated heterocycles. The third kappa shape index (κ3) is 19.1. The molecule has 1 saturated carbocycles. The Labute approximate surface area is 465 Å². The van der Waals surface area contributed by atoms with E-state index in [4.69, 9.17) is 33.2 Å². The van der Waals surface area contributed by atoms with Crippen molar-refractivity contribution in [1.82, 2.24) is 9.80 Å². The van der Waals surface area contributed by atoms with E-state index in [9.17, 15) is 39.3 Å². The molecule has 3 N–H and O–H groups in total. The Morgan fingerprint density at radius 1 is 0.808 bits per heavy atom. The number of ketones is 3. The van der Waals surface area contributed by atoms with Crippen LogP contribution in [0.15, 0.2) is 47.6 Å². The average molecular weight is 1100 g/mol. The molecule has 5 rings (SSSR count). The van der Waals surface area contributed by atoms with E-state index in [1.54, 1.807) is 34.0 Å². The second-order valence-electron chi connectivity index (χ2n) is 23.3. The maximum atomic E-state index is 14.7. The number of amides is 1. The summed E-state index contributed by atoms with van der Waals surface area (Å²) >= 11 is 0. The van der Waals surface area contributed by atoms with Crippen molar-refractivity contribution < 1.29 is 72.5 Å². The number of aliphatic hydroxyl groups excluding tert-OH is 2. The number of fused-ring (bicyclic) bond motifs is 3. The highest BCUT2D eigenvalue weighted by atomic mass is 16.6. The van der Waals surface area contributed by atoms with Gasteiger partial charge in [-0.25, -0.2) is 4.79 Å². The average Bonchev–Trinajstić information content (AvgIpc) is 3.47. The maximum Gasteiger partial charge on any atom is 0.329 e. The van der Waals surface area contributed by atoms with Crippen molar-refractivity contribution in [1.29, 1.82) is 0 Å². The van der Waals surface area contributed by atoms with Crippen LogP contribution in [0.4, 0.5) is 0 Å². The zero-order valence-electron chi connectivity index (χ0n) is 48.7. The van der Waals surface area contributed by atoms with Gasteiger partial charge in [0.25, 0.3) is 11.7 Å². The normalized spacial score (nSPS) is 37.1. The number of hydrogen-bond acceptors (Lipinski definition) is 16. The number of morpholine rings is 1. The fourth-order valence-corrected chi connectivity index (χ4v) is 12.0. The predicted octanol–water partition coefficient (Wildman–Crippen LogP) is 7.07. The Balaban J connectivity index is 1.42. The molecule has 4 aliphatic heterocycles. The third-order valence-electron chi connectivity index (χ3n) is 17.1. The minimum atomic E-state index is -2.47. The van der Waals surface area contributed by atoms with Crippen LogP contribution in [0.1, 0.15) is 145 Å². The number of allylic oxidation sites excluding steroid dienone is 6. The molecule has 4 fully saturated rings. The molecular weight excluding hydrogens is 1000 g/mol. The summed E-state index contributed by atoms with van der Waals surface area (Å²) in [5.74, 6) is -7.99. The SMILES string of the molecule is CO[C@@H]1C[C@H](CC(C)[C@@H]2CC(=O)[C@H](C)/C=C(\C)[C@@H](O)[C@@H](OC)C(=O)[C@H](C)C[C@H](C)/C=C/C=C/C=C(\C)[C@H](OCCCCO)C[C@@H]3CC[C@@H](C)[C@@](O)(O3)C(=O)C(=O)N3CCCC[C@H]3C(=O)O2)CC[C@H]1OCCCN1CCOCC1. The van der Waals surface area contributed by atoms with Crippen LogP contribution in [-0.2, 0) is 57.1 Å². The number of carbonyl (C=O) groups excluding carboxylic acids is 5. The summed E-state index contributed by atoms with van der Waals surface area (Å²) < 4.78 is 42.6. The molecule has 4 heterocycles. The summed E-state index contributed by atoms with van der Waals surface area (Å²) in [4.78, 5) is 75.5. The minimum Gasteiger partial charge on any atom is -0.460 e. The van der Waals surface area contributed by atoms with Gasteiger partial charge in [-0.3, -0.25) is 24.1 Å². The Morgan fingerprint density at radius 3 is 2.27 bits per heavy atom. The van der Waals surface area contributed by atoms with E-state index >= 15 is 0 Å². The maximum absolute atomic E-state index is 14.7. The van der Waals surface area contributed by atoms with E-state index in [1.165, 1.54) is 12.0 Å². The first-order valence-electron chi connectivity index (χ1n) is 29.4. The first-order chi connectivity index (χ1) is 37.3. The van der Waals surface area contributed by atoms with Crippen molar-refractivity contribution in [2.24, 2.45) is 35.5 Å². The van der Waals surface area contributed by atoms with Crippen LogP contribution in [0, 0.1) is 35.5 Å². The van der Waals surface area contributed by atoms with Gasteiger partial charge in [0, 0.05) is 90.8 Å². The van der Waals surface area contributed by atoms with Crippen molar-refractivity contribution in [2.45, 2.75) is 199 Å². The number of piperidine rings is 1. The number of ether oxygens (including phenoxy) is 7. The molecule has 17 nitrogen and oxygen atoms in total. The summed E-state index contributed by atoms with van der Waals surface area (Å²) in [6.45, 7) is 18.2. The zero-order chi connectivity index (χ0) is 56.9. The molecule has 78 heavy (non-hydrogen) atoms. The van der Waals surface area contributed by atoms with Crippen LogP contribution in [0.25, 0.3) is 0 Å². The van der Waals surface area contributed by atoms with Gasteiger partial charge in [0.1, 0.15) is 30.1 Å². The molecule has 15 atom stereocenters. The number of rotatable bonds is 15. The van der Waals surface area contributed by atoms with Gasteiger partial charge in [-0.05, 0) is 126 Å². The molecule has 0 spiro atoms. The molecule has 1 amide bonds. The van der Waals surface area contributed by atoms with Crippen molar-refractivity contribution >= 4 is 29.2 Å². The summed E-state index contributed by atoms with van der Waals surface area (Å²) in [5, 5.41) is 33.2. The lowest BCUT2D eigenvalue weighted by atomic mass is 9.78. The van der Waals surface area contributed by atoms with Crippen molar-refractivity contribution in [3.63, 3.8) is 0 Å². The van der Waals surface area contributed by atoms with Crippen LogP contribution in [0.5, 0.6) is 0 Å². The Morgan fingerprint density at radius 2 is 1.55 bits per heavy atom. The molecule has 1 unspecified atom stereocenters. The topological polar surface area (TPSA) is 217 Å². The highest BCUT2D eigenvalue weighted by molar-refractivity contribution is 6.39. The quantitative estimate of drug-likeness (QED) is 0.0647. The second kappa shape index (κ2) is 32.8. The molecule has 5 aliphatic rings. The van der Waals surface area contributed by atoms with Gasteiger partial charge < -0.3 is 53.4 Å². The molecule has 0 aromatic rings. The Hall–Kier alpha value is -3.49. The molecular formula is C61H98N2O15. The number of methoxy groups -OCH3 is 2. The van der Waals surface area contributed by atoms with Crippen LogP contribution in [0.2, 0.25) is 0 Å². The fraction of sp³-hybridized carbons (Fsp3) is 0.787. The number of Topliss-reactive ketones (excluding diaryl/α,β-unsaturated/α-hetero) is 3. The number of nitrogens with zero attached hydrogens (tertiary/aromatic N) is 2. The molecule has 442 valence electrons. The van der Waals surface area contributed by atoms with E-state index in [1.807, 2.05) is 58.1 Å². The smallest absolute Gasteiger partial charge is 0.329 e. The van der Waals surface area contributed by atoms with Crippen molar-refractivity contribution in [3.8, 4) is 0 Å². The highest BCUT2D eigenvalue weighted by Gasteiger charge is 2.53. The number of cyclic esters (lactones) is 1. The van der Waals surface area contributed by atoms with E-state index in [0.717, 1.165) is 64.1 Å². The van der Waals surface area contributed by atoms with Crippen LogP contribution in [-0.4, -0.2) is 182 Å². The summed E-state index contributed by atoms with van der Waals surface area (Å²) in [5.41, 5.74) is 1.26. The number of esters is 1. The van der Waals surface area contributed by atoms with Gasteiger partial charge >= 0.3 is 5.97 Å². The minimum absolute atomic E-state index is 0.00281. The molecule has 0 radical (unpaired) electrons. The first kappa shape index (κ1) is 65.3. The van der Waals surface area contributed by atoms with Gasteiger partial charge in [-0.1, -0.05) is 71.1 Å². The fourth-order valence-electron chi connectivity index (χ4n) is 12.0. The van der Waals surface area contributed by atoms with E-state index in [0.29, 0.717) is 70.2 Å². The third-order valence-corrected chi connectivity index (χ3v) is 17.1. The molecule has 17 heteroatoms. The number of hydrogen-bond donors (Lipinski definition) is 3. The molecule has 0 aromatic carbocycles. The molecule has 1 aliphatic carbocycles. The van der Waals surface area contributed by atoms with Crippen LogP contribution >= 0.6 is 0 Å². The van der Waals surface area contributed by atoms with Gasteiger partial charge in [-0.2, -0.15) is 0 Å². The molecule has 2 bridgehead atoms. The number of carbonyl (C=O) groups is 5. The largest absolute Gasteiger partial charge is 0.460 e. The van der Waals surface area contributed by atoms with Gasteiger partial charge in [0.15, 0.2) is 5.78 Å². The van der Waals surface area contributed by atoms with E-state index in [2.05, 4.69) is 4.90 Å². The van der Waals surface area contributed by atoms with E-state index in [-0.39, 0.29) is 73.9 Å². The lowest BCUT2D eigenvalue weighted by Crippen LogP contribution is -2.61.